The van der Waals surface area contributed by atoms with Crippen LogP contribution in [0.3, 0.4) is 0 Å². The average molecular weight is 157 g/mol. The van der Waals surface area contributed by atoms with Crippen LogP contribution in [-0.2, 0) is 4.52 Å². The number of halogens is 2. The maximum atomic E-state index is 5.17. The summed E-state index contributed by atoms with van der Waals surface area (Å²) in [6, 6.07) is 0. The van der Waals surface area contributed by atoms with E-state index < -0.39 is 6.85 Å². The zero-order valence-corrected chi connectivity index (χ0v) is 5.80. The van der Waals surface area contributed by atoms with Crippen LogP contribution in [0.1, 0.15) is 0 Å². The molecule has 0 fully saturated rings. The Morgan fingerprint density at radius 3 is 2.43 bits per heavy atom. The number of rotatable bonds is 2. The van der Waals surface area contributed by atoms with Gasteiger partial charge in [-0.05, 0) is 22.5 Å². The number of hydrogen-bond acceptors (Lipinski definition) is 1. The van der Waals surface area contributed by atoms with Gasteiger partial charge in [-0.3, -0.25) is 0 Å². The van der Waals surface area contributed by atoms with Crippen molar-refractivity contribution >= 4 is 29.3 Å². The standard InChI is InChI=1S/C3H3Cl2OP/c1-2-3-6-7(4)5/h1H,3H2. The molecule has 0 aliphatic heterocycles. The molecule has 0 atom stereocenters. The van der Waals surface area contributed by atoms with Crippen LogP contribution in [-0.4, -0.2) is 6.61 Å². The van der Waals surface area contributed by atoms with E-state index in [0.717, 1.165) is 0 Å². The van der Waals surface area contributed by atoms with E-state index in [1.165, 1.54) is 0 Å². The molecule has 0 aromatic carbocycles. The van der Waals surface area contributed by atoms with Crippen LogP contribution in [0.4, 0.5) is 0 Å². The van der Waals surface area contributed by atoms with Gasteiger partial charge in [0.15, 0.2) is 0 Å². The molecule has 0 heterocycles. The molecule has 0 aliphatic rings. The molecular formula is C3H3Cl2OP. The Labute approximate surface area is 53.4 Å². The van der Waals surface area contributed by atoms with Gasteiger partial charge in [0.1, 0.15) is 6.61 Å². The maximum Gasteiger partial charge on any atom is 0.226 e. The van der Waals surface area contributed by atoms with E-state index in [2.05, 4.69) is 10.4 Å². The quantitative estimate of drug-likeness (QED) is 0.441. The first-order valence-electron chi connectivity index (χ1n) is 1.45. The van der Waals surface area contributed by atoms with Crippen molar-refractivity contribution in [2.75, 3.05) is 6.61 Å². The van der Waals surface area contributed by atoms with Crippen molar-refractivity contribution in [3.63, 3.8) is 0 Å². The molecule has 0 bridgehead atoms. The summed E-state index contributed by atoms with van der Waals surface area (Å²) in [6.07, 6.45) is 4.79. The van der Waals surface area contributed by atoms with E-state index in [1.807, 2.05) is 0 Å². The largest absolute Gasteiger partial charge is 0.319 e. The molecule has 0 rings (SSSR count). The first kappa shape index (κ1) is 7.53. The molecule has 0 radical (unpaired) electrons. The third-order valence-corrected chi connectivity index (χ3v) is 1.16. The highest BCUT2D eigenvalue weighted by atomic mass is 35.9. The fourth-order valence-corrected chi connectivity index (χ4v) is 0.551. The lowest BCUT2D eigenvalue weighted by Gasteiger charge is -1.93. The molecule has 40 valence electrons. The van der Waals surface area contributed by atoms with Crippen LogP contribution in [0.25, 0.3) is 0 Å². The van der Waals surface area contributed by atoms with Crippen molar-refractivity contribution in [1.29, 1.82) is 0 Å². The zero-order chi connectivity index (χ0) is 5.70. The van der Waals surface area contributed by atoms with E-state index in [9.17, 15) is 0 Å². The lowest BCUT2D eigenvalue weighted by molar-refractivity contribution is 0.429. The summed E-state index contributed by atoms with van der Waals surface area (Å²) in [5.74, 6) is 2.22. The molecule has 0 unspecified atom stereocenters. The first-order chi connectivity index (χ1) is 3.27. The monoisotopic (exact) mass is 156 g/mol. The highest BCUT2D eigenvalue weighted by Crippen LogP contribution is 2.47. The lowest BCUT2D eigenvalue weighted by atomic mass is 10.8. The zero-order valence-electron chi connectivity index (χ0n) is 3.40. The van der Waals surface area contributed by atoms with Crippen molar-refractivity contribution in [2.45, 2.75) is 0 Å². The molecule has 0 saturated heterocycles. The van der Waals surface area contributed by atoms with E-state index in [4.69, 9.17) is 28.9 Å². The fraction of sp³-hybridized carbons (Fsp3) is 0.333. The van der Waals surface area contributed by atoms with Crippen molar-refractivity contribution < 1.29 is 4.52 Å². The smallest absolute Gasteiger partial charge is 0.226 e. The Morgan fingerprint density at radius 1 is 1.71 bits per heavy atom. The lowest BCUT2D eigenvalue weighted by Crippen LogP contribution is -1.74. The van der Waals surface area contributed by atoms with Crippen molar-refractivity contribution in [2.24, 2.45) is 0 Å². The van der Waals surface area contributed by atoms with E-state index >= 15 is 0 Å². The van der Waals surface area contributed by atoms with Gasteiger partial charge in [-0.25, -0.2) is 0 Å². The minimum absolute atomic E-state index is 0.193. The molecule has 0 amide bonds. The Kier molecular flexibility index (Phi) is 5.04. The highest BCUT2D eigenvalue weighted by Gasteiger charge is 1.93. The second-order valence-corrected chi connectivity index (χ2v) is 3.70. The second kappa shape index (κ2) is 4.68. The number of terminal acetylenes is 1. The number of hydrogen-bond donors (Lipinski definition) is 0. The Balaban J connectivity index is 2.86. The molecule has 0 aliphatic carbocycles. The summed E-state index contributed by atoms with van der Waals surface area (Å²) in [5.41, 5.74) is 0. The minimum Gasteiger partial charge on any atom is -0.319 e. The van der Waals surface area contributed by atoms with Gasteiger partial charge in [-0.15, -0.1) is 6.42 Å². The van der Waals surface area contributed by atoms with Gasteiger partial charge in [0.2, 0.25) is 6.85 Å². The van der Waals surface area contributed by atoms with Crippen molar-refractivity contribution in [1.82, 2.24) is 0 Å². The SMILES string of the molecule is C#CCOP(Cl)Cl. The van der Waals surface area contributed by atoms with Crippen LogP contribution in [0.5, 0.6) is 0 Å². The third-order valence-electron chi connectivity index (χ3n) is 0.245. The van der Waals surface area contributed by atoms with E-state index in [1.54, 1.807) is 0 Å². The van der Waals surface area contributed by atoms with Gasteiger partial charge in [0.05, 0.1) is 0 Å². The molecule has 0 aromatic heterocycles. The fourth-order valence-electron chi connectivity index (χ4n) is 0.0861. The predicted molar refractivity (Wildman–Crippen MR) is 33.4 cm³/mol. The van der Waals surface area contributed by atoms with Crippen molar-refractivity contribution in [3.8, 4) is 12.3 Å². The third kappa shape index (κ3) is 6.53. The topological polar surface area (TPSA) is 9.23 Å². The molecule has 7 heavy (non-hydrogen) atoms. The molecule has 0 aromatic rings. The van der Waals surface area contributed by atoms with Crippen LogP contribution >= 0.6 is 29.3 Å². The van der Waals surface area contributed by atoms with E-state index in [-0.39, 0.29) is 6.61 Å². The maximum absolute atomic E-state index is 5.17. The molecule has 4 heteroatoms. The average Bonchev–Trinajstić information content (AvgIpc) is 1.61. The van der Waals surface area contributed by atoms with Gasteiger partial charge in [-0.1, -0.05) is 5.92 Å². The van der Waals surface area contributed by atoms with Crippen LogP contribution in [0, 0.1) is 12.3 Å². The molecular weight excluding hydrogens is 154 g/mol. The summed E-state index contributed by atoms with van der Waals surface area (Å²) in [7, 11) is 0. The van der Waals surface area contributed by atoms with Crippen LogP contribution < -0.4 is 0 Å². The van der Waals surface area contributed by atoms with Gasteiger partial charge in [0, 0.05) is 0 Å². The summed E-state index contributed by atoms with van der Waals surface area (Å²) < 4.78 is 4.55. The minimum atomic E-state index is -1.30. The Bertz CT molecular complexity index is 77.5. The van der Waals surface area contributed by atoms with Gasteiger partial charge in [-0.2, -0.15) is 0 Å². The Morgan fingerprint density at radius 2 is 2.29 bits per heavy atom. The molecule has 1 nitrogen and oxygen atoms in total. The molecule has 0 spiro atoms. The van der Waals surface area contributed by atoms with Gasteiger partial charge >= 0.3 is 0 Å². The molecule has 0 N–H and O–H groups in total. The summed E-state index contributed by atoms with van der Waals surface area (Å²) in [4.78, 5) is 0. The highest BCUT2D eigenvalue weighted by molar-refractivity contribution is 8.00. The van der Waals surface area contributed by atoms with Gasteiger partial charge < -0.3 is 4.52 Å². The van der Waals surface area contributed by atoms with Crippen LogP contribution in [0.15, 0.2) is 0 Å². The molecule has 0 saturated carbocycles. The van der Waals surface area contributed by atoms with Gasteiger partial charge in [0.25, 0.3) is 0 Å². The normalized spacial score (nSPS) is 8.86. The summed E-state index contributed by atoms with van der Waals surface area (Å²) >= 11 is 10.3. The van der Waals surface area contributed by atoms with Crippen molar-refractivity contribution in [3.05, 3.63) is 0 Å². The first-order valence-corrected chi connectivity index (χ1v) is 4.52. The summed E-state index contributed by atoms with van der Waals surface area (Å²) in [6.45, 7) is -1.11. The second-order valence-electron chi connectivity index (χ2n) is 0.679. The Hall–Kier alpha value is 0.530. The van der Waals surface area contributed by atoms with E-state index in [0.29, 0.717) is 0 Å². The summed E-state index contributed by atoms with van der Waals surface area (Å²) in [5, 5.41) is 0. The predicted octanol–water partition coefficient (Wildman–Crippen LogP) is 2.34. The van der Waals surface area contributed by atoms with Crippen LogP contribution in [0.2, 0.25) is 0 Å².